The molecule has 2 aromatic heterocycles. The Balaban J connectivity index is 2.20. The van der Waals surface area contributed by atoms with Gasteiger partial charge in [-0.25, -0.2) is 9.59 Å². The van der Waals surface area contributed by atoms with Gasteiger partial charge in [0.1, 0.15) is 16.9 Å². The minimum atomic E-state index is -1.18. The SMILES string of the molecule is Cc1ccc2cc(-c3ccc(C(=O)O)o3)c(=O)oc2c1. The van der Waals surface area contributed by atoms with E-state index in [1.807, 2.05) is 19.1 Å². The van der Waals surface area contributed by atoms with Crippen LogP contribution in [0, 0.1) is 6.92 Å². The van der Waals surface area contributed by atoms with E-state index >= 15 is 0 Å². The first-order valence-electron chi connectivity index (χ1n) is 5.92. The number of furan rings is 1. The maximum Gasteiger partial charge on any atom is 0.371 e. The van der Waals surface area contributed by atoms with Gasteiger partial charge in [-0.05, 0) is 36.8 Å². The summed E-state index contributed by atoms with van der Waals surface area (Å²) in [6.45, 7) is 1.90. The summed E-state index contributed by atoms with van der Waals surface area (Å²) in [6, 6.07) is 9.87. The van der Waals surface area contributed by atoms with Gasteiger partial charge in [-0.2, -0.15) is 0 Å². The standard InChI is InChI=1S/C15H10O5/c1-8-2-3-9-7-10(15(18)20-13(9)6-8)11-4-5-12(19-11)14(16)17/h2-7H,1H3,(H,16,17). The Bertz CT molecular complexity index is 869. The Morgan fingerprint density at radius 2 is 1.90 bits per heavy atom. The van der Waals surface area contributed by atoms with Crippen LogP contribution in [0.15, 0.2) is 50.0 Å². The van der Waals surface area contributed by atoms with Crippen molar-refractivity contribution in [2.75, 3.05) is 0 Å². The zero-order valence-electron chi connectivity index (χ0n) is 10.5. The van der Waals surface area contributed by atoms with Crippen LogP contribution in [0.2, 0.25) is 0 Å². The molecule has 0 radical (unpaired) electrons. The number of aromatic carboxylic acids is 1. The highest BCUT2D eigenvalue weighted by Crippen LogP contribution is 2.23. The molecule has 0 aliphatic carbocycles. The Kier molecular flexibility index (Phi) is 2.68. The fourth-order valence-electron chi connectivity index (χ4n) is 1.99. The maximum atomic E-state index is 11.9. The summed E-state index contributed by atoms with van der Waals surface area (Å²) in [5, 5.41) is 9.57. The van der Waals surface area contributed by atoms with Crippen LogP contribution < -0.4 is 5.63 Å². The van der Waals surface area contributed by atoms with Crippen molar-refractivity contribution in [2.45, 2.75) is 6.92 Å². The lowest BCUT2D eigenvalue weighted by atomic mass is 10.1. The van der Waals surface area contributed by atoms with Gasteiger partial charge in [-0.3, -0.25) is 0 Å². The number of rotatable bonds is 2. The molecule has 0 unspecified atom stereocenters. The number of carboxylic acids is 1. The van der Waals surface area contributed by atoms with Crippen LogP contribution in [-0.4, -0.2) is 11.1 Å². The van der Waals surface area contributed by atoms with Gasteiger partial charge in [-0.15, -0.1) is 0 Å². The van der Waals surface area contributed by atoms with E-state index in [1.165, 1.54) is 12.1 Å². The van der Waals surface area contributed by atoms with Gasteiger partial charge in [0.2, 0.25) is 5.76 Å². The lowest BCUT2D eigenvalue weighted by Gasteiger charge is -2.00. The molecule has 0 fully saturated rings. The van der Waals surface area contributed by atoms with Crippen molar-refractivity contribution >= 4 is 16.9 Å². The first-order chi connectivity index (χ1) is 9.54. The number of hydrogen-bond donors (Lipinski definition) is 1. The topological polar surface area (TPSA) is 80.6 Å². The summed E-state index contributed by atoms with van der Waals surface area (Å²) in [5.41, 5.74) is 1.12. The molecule has 0 saturated carbocycles. The second-order valence-corrected chi connectivity index (χ2v) is 4.46. The third-order valence-electron chi connectivity index (χ3n) is 2.97. The van der Waals surface area contributed by atoms with Crippen molar-refractivity contribution in [1.29, 1.82) is 0 Å². The molecule has 20 heavy (non-hydrogen) atoms. The first-order valence-corrected chi connectivity index (χ1v) is 5.92. The van der Waals surface area contributed by atoms with Crippen LogP contribution in [0.4, 0.5) is 0 Å². The first kappa shape index (κ1) is 12.2. The zero-order chi connectivity index (χ0) is 14.3. The van der Waals surface area contributed by atoms with E-state index in [0.29, 0.717) is 5.58 Å². The second kappa shape index (κ2) is 4.38. The van der Waals surface area contributed by atoms with Crippen LogP contribution in [0.1, 0.15) is 16.1 Å². The van der Waals surface area contributed by atoms with E-state index in [-0.39, 0.29) is 17.1 Å². The molecule has 0 spiro atoms. The van der Waals surface area contributed by atoms with Crippen molar-refractivity contribution in [3.63, 3.8) is 0 Å². The summed E-state index contributed by atoms with van der Waals surface area (Å²) < 4.78 is 10.4. The van der Waals surface area contributed by atoms with Crippen LogP contribution in [0.25, 0.3) is 22.3 Å². The fraction of sp³-hybridized carbons (Fsp3) is 0.0667. The highest BCUT2D eigenvalue weighted by atomic mass is 16.4. The van der Waals surface area contributed by atoms with Crippen LogP contribution in [0.5, 0.6) is 0 Å². The Labute approximate surface area is 113 Å². The van der Waals surface area contributed by atoms with E-state index in [0.717, 1.165) is 10.9 Å². The Morgan fingerprint density at radius 1 is 1.10 bits per heavy atom. The number of fused-ring (bicyclic) bond motifs is 1. The maximum absolute atomic E-state index is 11.9. The highest BCUT2D eigenvalue weighted by molar-refractivity contribution is 5.86. The summed E-state index contributed by atoms with van der Waals surface area (Å²) >= 11 is 0. The molecule has 1 aromatic carbocycles. The van der Waals surface area contributed by atoms with Gasteiger partial charge in [0, 0.05) is 5.39 Å². The second-order valence-electron chi connectivity index (χ2n) is 4.46. The summed E-state index contributed by atoms with van der Waals surface area (Å²) in [5.74, 6) is -1.22. The van der Waals surface area contributed by atoms with Crippen LogP contribution >= 0.6 is 0 Å². The lowest BCUT2D eigenvalue weighted by Crippen LogP contribution is -2.02. The van der Waals surface area contributed by atoms with Crippen LogP contribution in [0.3, 0.4) is 0 Å². The number of aryl methyl sites for hydroxylation is 1. The zero-order valence-corrected chi connectivity index (χ0v) is 10.5. The van der Waals surface area contributed by atoms with E-state index in [1.54, 1.807) is 12.1 Å². The molecule has 0 saturated heterocycles. The summed E-state index contributed by atoms with van der Waals surface area (Å²) in [6.07, 6.45) is 0. The molecular formula is C15H10O5. The van der Waals surface area contributed by atoms with E-state index < -0.39 is 11.6 Å². The number of carboxylic acid groups (broad SMARTS) is 1. The molecule has 0 amide bonds. The van der Waals surface area contributed by atoms with Crippen molar-refractivity contribution in [2.24, 2.45) is 0 Å². The number of benzene rings is 1. The molecule has 0 atom stereocenters. The van der Waals surface area contributed by atoms with Crippen molar-refractivity contribution in [3.8, 4) is 11.3 Å². The predicted molar refractivity (Wildman–Crippen MR) is 71.9 cm³/mol. The highest BCUT2D eigenvalue weighted by Gasteiger charge is 2.14. The minimum absolute atomic E-state index is 0.179. The van der Waals surface area contributed by atoms with Crippen molar-refractivity contribution in [3.05, 3.63) is 58.1 Å². The van der Waals surface area contributed by atoms with Gasteiger partial charge in [0.15, 0.2) is 0 Å². The molecule has 0 aliphatic rings. The lowest BCUT2D eigenvalue weighted by molar-refractivity contribution is 0.0663. The molecule has 100 valence electrons. The summed E-state index contributed by atoms with van der Waals surface area (Å²) in [4.78, 5) is 22.7. The molecule has 2 heterocycles. The van der Waals surface area contributed by atoms with Gasteiger partial charge in [-0.1, -0.05) is 12.1 Å². The minimum Gasteiger partial charge on any atom is -0.475 e. The predicted octanol–water partition coefficient (Wildman–Crippen LogP) is 3.06. The van der Waals surface area contributed by atoms with Gasteiger partial charge >= 0.3 is 11.6 Å². The molecule has 0 bridgehead atoms. The molecule has 1 N–H and O–H groups in total. The molecule has 0 aliphatic heterocycles. The largest absolute Gasteiger partial charge is 0.475 e. The average Bonchev–Trinajstić information content (AvgIpc) is 2.87. The van der Waals surface area contributed by atoms with E-state index in [9.17, 15) is 9.59 Å². The number of carbonyl (C=O) groups is 1. The molecule has 3 rings (SSSR count). The van der Waals surface area contributed by atoms with Gasteiger partial charge < -0.3 is 13.9 Å². The van der Waals surface area contributed by atoms with Gasteiger partial charge in [0.25, 0.3) is 0 Å². The Hall–Kier alpha value is -2.82. The monoisotopic (exact) mass is 270 g/mol. The number of hydrogen-bond acceptors (Lipinski definition) is 4. The molecule has 5 nitrogen and oxygen atoms in total. The van der Waals surface area contributed by atoms with Crippen molar-refractivity contribution < 1.29 is 18.7 Å². The van der Waals surface area contributed by atoms with E-state index in [2.05, 4.69) is 0 Å². The fourth-order valence-corrected chi connectivity index (χ4v) is 1.99. The third kappa shape index (κ3) is 1.99. The van der Waals surface area contributed by atoms with Gasteiger partial charge in [0.05, 0.1) is 0 Å². The molecule has 5 heteroatoms. The van der Waals surface area contributed by atoms with E-state index in [4.69, 9.17) is 13.9 Å². The van der Waals surface area contributed by atoms with Crippen LogP contribution in [-0.2, 0) is 0 Å². The smallest absolute Gasteiger partial charge is 0.371 e. The van der Waals surface area contributed by atoms with Crippen molar-refractivity contribution in [1.82, 2.24) is 0 Å². The third-order valence-corrected chi connectivity index (χ3v) is 2.97. The Morgan fingerprint density at radius 3 is 2.60 bits per heavy atom. The molecular weight excluding hydrogens is 260 g/mol. The normalized spacial score (nSPS) is 10.8. The quantitative estimate of drug-likeness (QED) is 0.724. The summed E-state index contributed by atoms with van der Waals surface area (Å²) in [7, 11) is 0. The molecule has 3 aromatic rings. The average molecular weight is 270 g/mol.